The van der Waals surface area contributed by atoms with Crippen molar-refractivity contribution >= 4 is 65.9 Å². The van der Waals surface area contributed by atoms with Gasteiger partial charge >= 0.3 is 23.9 Å². The summed E-state index contributed by atoms with van der Waals surface area (Å²) < 4.78 is 22.5. The number of carbonyl (C=O) groups is 5. The third kappa shape index (κ3) is 80.3. The number of amides is 1. The lowest BCUT2D eigenvalue weighted by molar-refractivity contribution is -0.151. The molecule has 1 amide bonds. The number of carbonyl (C=O) groups excluding carboxylic acids is 5. The summed E-state index contributed by atoms with van der Waals surface area (Å²) in [7, 11) is 8.09. The monoisotopic (exact) mass is 1380 g/mol. The first-order valence-electron chi connectivity index (χ1n) is 38.3. The Bertz CT molecular complexity index is 1630. The number of thiol groups is 1. The van der Waals surface area contributed by atoms with Gasteiger partial charge in [-0.05, 0) is 157 Å². The number of rotatable bonds is 65. The van der Waals surface area contributed by atoms with E-state index in [9.17, 15) is 24.0 Å². The number of ether oxygens (including phenoxy) is 4. The minimum absolute atomic E-state index is 0. The van der Waals surface area contributed by atoms with Crippen molar-refractivity contribution in [1.29, 1.82) is 0 Å². The molecule has 0 radical (unpaired) electrons. The Labute approximate surface area is 591 Å². The van der Waals surface area contributed by atoms with Gasteiger partial charge in [0.05, 0.1) is 0 Å². The van der Waals surface area contributed by atoms with Crippen LogP contribution in [0.5, 0.6) is 0 Å². The lowest BCUT2D eigenvalue weighted by Gasteiger charge is -2.23. The molecule has 0 aliphatic heterocycles. The third-order valence-electron chi connectivity index (χ3n) is 16.2. The number of halogens is 1. The standard InChI is InChI=1S/C39H74N2O5S.C34H65NO4.C4H11NS.ClH/c1-6-9-12-15-16-19-25-34-45-37(42)29-23-20-24-31-41(39(44)47-35-33-40(4)5)32-26-30-38(43)46-36(27-21-17-13-10-7-2)28-22-18-14-11-8-3;1-4-7-10-13-14-17-23-31-38-33(36)27-21-18-22-29-35-30-24-28-34(37)39-32(25-19-15-11-8-5-2)26-20-16-12-9-6-3;1-5(2)3-4-6;/h19,25,36H,6-18,20-24,26-35H2,1-5H3;17,23,32,35H,4-16,18-22,24-31H2,1-3H3;6H,3-4H2,1-2H3;1H/b25-19-;23-17-;;. The van der Waals surface area contributed by atoms with Gasteiger partial charge in [-0.15, -0.1) is 12.4 Å². The molecule has 93 heavy (non-hydrogen) atoms. The molecule has 0 aromatic heterocycles. The molecule has 0 saturated heterocycles. The van der Waals surface area contributed by atoms with E-state index in [2.05, 4.69) is 81.4 Å². The quantitative estimate of drug-likeness (QED) is 0.0196. The second-order valence-electron chi connectivity index (χ2n) is 26.1. The smallest absolute Gasteiger partial charge is 0.306 e. The van der Waals surface area contributed by atoms with Crippen LogP contribution in [0.3, 0.4) is 0 Å². The average Bonchev–Trinajstić information content (AvgIpc) is 3.65. The number of hydrogen-bond donors (Lipinski definition) is 2. The van der Waals surface area contributed by atoms with Crippen LogP contribution >= 0.6 is 36.8 Å². The van der Waals surface area contributed by atoms with Crippen LogP contribution < -0.4 is 5.32 Å². The van der Waals surface area contributed by atoms with Crippen molar-refractivity contribution in [3.8, 4) is 0 Å². The number of esters is 4. The molecule has 0 rings (SSSR count). The maximum absolute atomic E-state index is 13.1. The minimum atomic E-state index is -0.161. The predicted octanol–water partition coefficient (Wildman–Crippen LogP) is 21.3. The van der Waals surface area contributed by atoms with Crippen LogP contribution in [-0.4, -0.2) is 148 Å². The number of unbranched alkanes of at least 4 members (excludes halogenated alkanes) is 28. The fourth-order valence-electron chi connectivity index (χ4n) is 10.3. The largest absolute Gasteiger partial charge is 0.462 e. The first-order chi connectivity index (χ1) is 44.7. The Morgan fingerprint density at radius 1 is 0.387 bits per heavy atom. The number of hydrogen-bond acceptors (Lipinski definition) is 14. The van der Waals surface area contributed by atoms with Gasteiger partial charge in [0.2, 0.25) is 0 Å². The molecular weight excluding hydrogens is 1220 g/mol. The lowest BCUT2D eigenvalue weighted by atomic mass is 10.0. The Balaban J connectivity index is -0.000000784. The van der Waals surface area contributed by atoms with Crippen LogP contribution in [0.4, 0.5) is 4.79 Å². The molecular formula is C77H151ClN4O9S2. The Morgan fingerprint density at radius 2 is 0.731 bits per heavy atom. The molecule has 0 aliphatic rings. The van der Waals surface area contributed by atoms with Crippen molar-refractivity contribution in [3.05, 3.63) is 24.3 Å². The maximum atomic E-state index is 13.1. The summed E-state index contributed by atoms with van der Waals surface area (Å²) in [5.74, 6) is 1.27. The molecule has 13 nitrogen and oxygen atoms in total. The zero-order chi connectivity index (χ0) is 68.4. The van der Waals surface area contributed by atoms with Crippen molar-refractivity contribution in [2.24, 2.45) is 0 Å². The minimum Gasteiger partial charge on any atom is -0.462 e. The van der Waals surface area contributed by atoms with Crippen molar-refractivity contribution in [2.75, 3.05) is 92.2 Å². The molecule has 552 valence electrons. The first-order valence-corrected chi connectivity index (χ1v) is 39.9. The van der Waals surface area contributed by atoms with E-state index in [4.69, 9.17) is 18.9 Å². The summed E-state index contributed by atoms with van der Waals surface area (Å²) in [4.78, 5) is 68.3. The Hall–Kier alpha value is -2.30. The highest BCUT2D eigenvalue weighted by Crippen LogP contribution is 2.20. The molecule has 0 aromatic carbocycles. The van der Waals surface area contributed by atoms with Gasteiger partial charge < -0.3 is 39.0 Å². The summed E-state index contributed by atoms with van der Waals surface area (Å²) >= 11 is 5.37. The SMILES string of the molecule is CCCCCC/C=C\COC(=O)CCCCCN(CCCC(=O)OC(CCCCCCC)CCCCCCC)C(=O)SCCN(C)C.CCCCCC/C=C\COC(=O)CCCCCNCCCC(=O)OC(CCCCCCC)CCCCCCC.CN(C)CCS.Cl. The van der Waals surface area contributed by atoms with Gasteiger partial charge in [0.1, 0.15) is 25.4 Å². The summed E-state index contributed by atoms with van der Waals surface area (Å²) in [5.41, 5.74) is 0. The van der Waals surface area contributed by atoms with E-state index in [0.29, 0.717) is 58.4 Å². The number of allylic oxidation sites excluding steroid dienone is 2. The maximum Gasteiger partial charge on any atom is 0.306 e. The van der Waals surface area contributed by atoms with E-state index in [1.807, 2.05) is 45.2 Å². The number of thioether (sulfide) groups is 1. The molecule has 0 atom stereocenters. The van der Waals surface area contributed by atoms with Crippen molar-refractivity contribution in [2.45, 2.75) is 349 Å². The van der Waals surface area contributed by atoms with Crippen LogP contribution in [-0.2, 0) is 38.1 Å². The van der Waals surface area contributed by atoms with Gasteiger partial charge in [0.25, 0.3) is 5.24 Å². The van der Waals surface area contributed by atoms with Crippen LogP contribution in [0.15, 0.2) is 24.3 Å². The Kier molecular flexibility index (Phi) is 83.9. The molecule has 0 fully saturated rings. The van der Waals surface area contributed by atoms with Crippen LogP contribution in [0, 0.1) is 0 Å². The zero-order valence-corrected chi connectivity index (χ0v) is 64.9. The van der Waals surface area contributed by atoms with Crippen molar-refractivity contribution in [3.63, 3.8) is 0 Å². The van der Waals surface area contributed by atoms with Gasteiger partial charge in [0, 0.05) is 63.4 Å². The predicted molar refractivity (Wildman–Crippen MR) is 407 cm³/mol. The summed E-state index contributed by atoms with van der Waals surface area (Å²) in [6.45, 7) is 19.0. The topological polar surface area (TPSA) is 144 Å². The molecule has 0 aromatic rings. The highest BCUT2D eigenvalue weighted by Gasteiger charge is 2.19. The molecule has 0 saturated carbocycles. The average molecular weight is 1380 g/mol. The van der Waals surface area contributed by atoms with Gasteiger partial charge in [-0.25, -0.2) is 0 Å². The number of nitrogens with one attached hydrogen (secondary N) is 1. The van der Waals surface area contributed by atoms with E-state index >= 15 is 0 Å². The van der Waals surface area contributed by atoms with Crippen molar-refractivity contribution in [1.82, 2.24) is 20.0 Å². The summed E-state index contributed by atoms with van der Waals surface area (Å²) in [6.07, 6.45) is 57.6. The number of nitrogens with zero attached hydrogens (tertiary/aromatic N) is 3. The molecule has 0 spiro atoms. The highest BCUT2D eigenvalue weighted by atomic mass is 35.5. The normalized spacial score (nSPS) is 11.3. The summed E-state index contributed by atoms with van der Waals surface area (Å²) in [6, 6.07) is 0. The molecule has 0 bridgehead atoms. The van der Waals surface area contributed by atoms with Crippen LogP contribution in [0.2, 0.25) is 0 Å². The fraction of sp³-hybridized carbons (Fsp3) is 0.883. The zero-order valence-electron chi connectivity index (χ0n) is 62.3. The Morgan fingerprint density at radius 3 is 1.12 bits per heavy atom. The van der Waals surface area contributed by atoms with Gasteiger partial charge in [-0.3, -0.25) is 24.0 Å². The first kappa shape index (κ1) is 97.1. The van der Waals surface area contributed by atoms with Crippen LogP contribution in [0.1, 0.15) is 337 Å². The van der Waals surface area contributed by atoms with E-state index < -0.39 is 0 Å². The summed E-state index contributed by atoms with van der Waals surface area (Å²) in [5, 5.41) is 3.49. The van der Waals surface area contributed by atoms with Gasteiger partial charge in [-0.2, -0.15) is 12.6 Å². The van der Waals surface area contributed by atoms with Crippen LogP contribution in [0.25, 0.3) is 0 Å². The fourth-order valence-corrected chi connectivity index (χ4v) is 11.7. The van der Waals surface area contributed by atoms with E-state index in [0.717, 1.165) is 134 Å². The molecule has 1 N–H and O–H groups in total. The van der Waals surface area contributed by atoms with E-state index in [1.54, 1.807) is 0 Å². The highest BCUT2D eigenvalue weighted by molar-refractivity contribution is 8.13. The van der Waals surface area contributed by atoms with Gasteiger partial charge in [0.15, 0.2) is 0 Å². The molecule has 0 unspecified atom stereocenters. The molecule has 0 heterocycles. The third-order valence-corrected chi connectivity index (χ3v) is 17.3. The second kappa shape index (κ2) is 80.4. The van der Waals surface area contributed by atoms with Crippen molar-refractivity contribution < 1.29 is 42.9 Å². The van der Waals surface area contributed by atoms with Gasteiger partial charge in [-0.1, -0.05) is 232 Å². The molecule has 0 aliphatic carbocycles. The lowest BCUT2D eigenvalue weighted by Crippen LogP contribution is -2.31. The second-order valence-corrected chi connectivity index (χ2v) is 27.5. The van der Waals surface area contributed by atoms with E-state index in [1.165, 1.54) is 179 Å². The molecule has 16 heteroatoms. The van der Waals surface area contributed by atoms with E-state index in [-0.39, 0.29) is 53.7 Å².